The van der Waals surface area contributed by atoms with E-state index in [0.29, 0.717) is 0 Å². The summed E-state index contributed by atoms with van der Waals surface area (Å²) in [6, 6.07) is 0. The molecule has 0 amide bonds. The third-order valence-corrected chi connectivity index (χ3v) is 5.08. The van der Waals surface area contributed by atoms with Gasteiger partial charge in [0.2, 0.25) is 0 Å². The summed E-state index contributed by atoms with van der Waals surface area (Å²) in [5, 5.41) is 0. The summed E-state index contributed by atoms with van der Waals surface area (Å²) < 4.78 is 0. The van der Waals surface area contributed by atoms with Crippen molar-refractivity contribution in [3.63, 3.8) is 0 Å². The normalized spacial score (nSPS) is 45.0. The van der Waals surface area contributed by atoms with Gasteiger partial charge in [-0.1, -0.05) is 54.4 Å². The molecular formula is C18H36. The highest BCUT2D eigenvalue weighted by Crippen LogP contribution is 2.36. The van der Waals surface area contributed by atoms with Crippen molar-refractivity contribution in [1.29, 1.82) is 0 Å². The zero-order valence-corrected chi connectivity index (χ0v) is 13.7. The first-order valence-electron chi connectivity index (χ1n) is 8.38. The molecule has 3 saturated carbocycles. The fourth-order valence-electron chi connectivity index (χ4n) is 3.30. The molecule has 0 aliphatic heterocycles. The number of hydrogen-bond acceptors (Lipinski definition) is 0. The summed E-state index contributed by atoms with van der Waals surface area (Å²) >= 11 is 0. The van der Waals surface area contributed by atoms with Crippen LogP contribution in [0, 0.1) is 35.5 Å². The lowest BCUT2D eigenvalue weighted by atomic mass is 9.78. The molecule has 3 aliphatic rings. The van der Waals surface area contributed by atoms with Gasteiger partial charge in [-0.05, 0) is 61.2 Å². The SMILES string of the molecule is CC1CC(C)C1.CC1CC1C.CC1CCC(C)C1. The van der Waals surface area contributed by atoms with Gasteiger partial charge in [-0.15, -0.1) is 0 Å². The highest BCUT2D eigenvalue weighted by Gasteiger charge is 2.26. The predicted molar refractivity (Wildman–Crippen MR) is 82.7 cm³/mol. The fraction of sp³-hybridized carbons (Fsp3) is 1.00. The third kappa shape index (κ3) is 6.81. The van der Waals surface area contributed by atoms with Crippen LogP contribution >= 0.6 is 0 Å². The van der Waals surface area contributed by atoms with Crippen molar-refractivity contribution in [1.82, 2.24) is 0 Å². The first-order chi connectivity index (χ1) is 8.38. The highest BCUT2D eigenvalue weighted by atomic mass is 14.3. The first kappa shape index (κ1) is 16.1. The molecule has 0 aromatic rings. The molecule has 0 saturated heterocycles. The molecule has 0 radical (unpaired) electrons. The van der Waals surface area contributed by atoms with Gasteiger partial charge < -0.3 is 0 Å². The van der Waals surface area contributed by atoms with Crippen molar-refractivity contribution < 1.29 is 0 Å². The Balaban J connectivity index is 0.000000137. The van der Waals surface area contributed by atoms with Crippen molar-refractivity contribution in [2.75, 3.05) is 0 Å². The minimum atomic E-state index is 1.02. The minimum absolute atomic E-state index is 1.02. The maximum absolute atomic E-state index is 2.35. The van der Waals surface area contributed by atoms with E-state index in [-0.39, 0.29) is 0 Å². The van der Waals surface area contributed by atoms with Gasteiger partial charge in [0, 0.05) is 0 Å². The highest BCUT2D eigenvalue weighted by molar-refractivity contribution is 4.76. The van der Waals surface area contributed by atoms with E-state index in [2.05, 4.69) is 41.5 Å². The van der Waals surface area contributed by atoms with Crippen molar-refractivity contribution in [2.24, 2.45) is 35.5 Å². The Morgan fingerprint density at radius 1 is 0.444 bits per heavy atom. The van der Waals surface area contributed by atoms with Crippen LogP contribution in [-0.2, 0) is 0 Å². The zero-order chi connectivity index (χ0) is 13.7. The van der Waals surface area contributed by atoms with Gasteiger partial charge in [0.1, 0.15) is 0 Å². The summed E-state index contributed by atoms with van der Waals surface area (Å²) in [5.41, 5.74) is 0. The third-order valence-electron chi connectivity index (χ3n) is 5.08. The van der Waals surface area contributed by atoms with E-state index >= 15 is 0 Å². The largest absolute Gasteiger partial charge is 0.0625 e. The lowest BCUT2D eigenvalue weighted by Gasteiger charge is -2.28. The Morgan fingerprint density at radius 3 is 0.778 bits per heavy atom. The topological polar surface area (TPSA) is 0 Å². The maximum atomic E-state index is 2.35. The van der Waals surface area contributed by atoms with Crippen molar-refractivity contribution in [2.45, 2.75) is 80.1 Å². The van der Waals surface area contributed by atoms with Crippen LogP contribution in [0.15, 0.2) is 0 Å². The molecule has 3 rings (SSSR count). The number of rotatable bonds is 0. The van der Waals surface area contributed by atoms with Crippen molar-refractivity contribution >= 4 is 0 Å². The predicted octanol–water partition coefficient (Wildman–Crippen LogP) is 6.16. The molecule has 0 aromatic heterocycles. The van der Waals surface area contributed by atoms with Crippen molar-refractivity contribution in [3.8, 4) is 0 Å². The van der Waals surface area contributed by atoms with Gasteiger partial charge in [0.15, 0.2) is 0 Å². The molecule has 0 nitrogen and oxygen atoms in total. The molecule has 0 spiro atoms. The average molecular weight is 252 g/mol. The van der Waals surface area contributed by atoms with E-state index in [1.807, 2.05) is 0 Å². The van der Waals surface area contributed by atoms with Crippen LogP contribution in [-0.4, -0.2) is 0 Å². The lowest BCUT2D eigenvalue weighted by Crippen LogP contribution is -2.16. The molecule has 18 heavy (non-hydrogen) atoms. The smallest absolute Gasteiger partial charge is 0.0414 e. The fourth-order valence-corrected chi connectivity index (χ4v) is 3.30. The Morgan fingerprint density at radius 2 is 0.722 bits per heavy atom. The van der Waals surface area contributed by atoms with Gasteiger partial charge in [-0.25, -0.2) is 0 Å². The lowest BCUT2D eigenvalue weighted by molar-refractivity contribution is 0.233. The standard InChI is InChI=1S/C7H14.C6H12.C5H10/c1-6-3-4-7(2)5-6;1-5-3-6(2)4-5;1-4-3-5(4)2/h6-7H,3-5H2,1-2H3;5-6H,3-4H2,1-2H3;4-5H,3H2,1-2H3. The molecule has 0 aromatic carbocycles. The molecule has 0 N–H and O–H groups in total. The Kier molecular flexibility index (Phi) is 6.74. The van der Waals surface area contributed by atoms with Crippen LogP contribution < -0.4 is 0 Å². The summed E-state index contributed by atoms with van der Waals surface area (Å²) in [7, 11) is 0. The zero-order valence-electron chi connectivity index (χ0n) is 13.7. The summed E-state index contributed by atoms with van der Waals surface area (Å²) in [5.74, 6) is 6.23. The maximum Gasteiger partial charge on any atom is -0.0414 e. The second-order valence-electron chi connectivity index (χ2n) is 7.90. The van der Waals surface area contributed by atoms with Gasteiger partial charge >= 0.3 is 0 Å². The molecule has 4 unspecified atom stereocenters. The van der Waals surface area contributed by atoms with E-state index < -0.39 is 0 Å². The summed E-state index contributed by atoms with van der Waals surface area (Å²) in [6.45, 7) is 13.9. The van der Waals surface area contributed by atoms with Crippen LogP contribution in [0.25, 0.3) is 0 Å². The first-order valence-corrected chi connectivity index (χ1v) is 8.38. The monoisotopic (exact) mass is 252 g/mol. The van der Waals surface area contributed by atoms with Gasteiger partial charge in [0.05, 0.1) is 0 Å². The Hall–Kier alpha value is 0. The molecule has 0 bridgehead atoms. The molecule has 3 fully saturated rings. The van der Waals surface area contributed by atoms with Crippen molar-refractivity contribution in [3.05, 3.63) is 0 Å². The molecule has 108 valence electrons. The summed E-state index contributed by atoms with van der Waals surface area (Å²) in [4.78, 5) is 0. The number of hydrogen-bond donors (Lipinski definition) is 0. The second-order valence-corrected chi connectivity index (χ2v) is 7.90. The van der Waals surface area contributed by atoms with Gasteiger partial charge in [-0.3, -0.25) is 0 Å². The van der Waals surface area contributed by atoms with Gasteiger partial charge in [0.25, 0.3) is 0 Å². The van der Waals surface area contributed by atoms with Crippen LogP contribution in [0.4, 0.5) is 0 Å². The summed E-state index contributed by atoms with van der Waals surface area (Å²) in [6.07, 6.45) is 8.84. The second kappa shape index (κ2) is 7.56. The van der Waals surface area contributed by atoms with Crippen LogP contribution in [0.3, 0.4) is 0 Å². The van der Waals surface area contributed by atoms with E-state index in [1.165, 1.54) is 38.5 Å². The van der Waals surface area contributed by atoms with Crippen LogP contribution in [0.2, 0.25) is 0 Å². The Labute approximate surface area is 116 Å². The molecule has 0 heterocycles. The molecular weight excluding hydrogens is 216 g/mol. The molecule has 4 atom stereocenters. The average Bonchev–Trinajstić information content (AvgIpc) is 2.72. The molecule has 0 heteroatoms. The minimum Gasteiger partial charge on any atom is -0.0625 e. The van der Waals surface area contributed by atoms with Gasteiger partial charge in [-0.2, -0.15) is 0 Å². The van der Waals surface area contributed by atoms with E-state index in [9.17, 15) is 0 Å². The van der Waals surface area contributed by atoms with Crippen LogP contribution in [0.1, 0.15) is 80.1 Å². The van der Waals surface area contributed by atoms with E-state index in [0.717, 1.165) is 35.5 Å². The van der Waals surface area contributed by atoms with E-state index in [4.69, 9.17) is 0 Å². The quantitative estimate of drug-likeness (QED) is 0.484. The molecule has 3 aliphatic carbocycles. The van der Waals surface area contributed by atoms with E-state index in [1.54, 1.807) is 0 Å². The Bertz CT molecular complexity index is 194. The van der Waals surface area contributed by atoms with Crippen LogP contribution in [0.5, 0.6) is 0 Å².